The van der Waals surface area contributed by atoms with Gasteiger partial charge in [-0.3, -0.25) is 9.59 Å². The lowest BCUT2D eigenvalue weighted by Crippen LogP contribution is -2.32. The van der Waals surface area contributed by atoms with E-state index in [2.05, 4.69) is 10.6 Å². The molecule has 0 radical (unpaired) electrons. The maximum absolute atomic E-state index is 12.6. The zero-order chi connectivity index (χ0) is 19.2. The molecule has 0 aliphatic carbocycles. The van der Waals surface area contributed by atoms with E-state index in [0.29, 0.717) is 24.5 Å². The molecule has 27 heavy (non-hydrogen) atoms. The van der Waals surface area contributed by atoms with Crippen molar-refractivity contribution < 1.29 is 14.3 Å². The van der Waals surface area contributed by atoms with E-state index in [0.717, 1.165) is 24.3 Å². The normalized spacial score (nSPS) is 14.7. The van der Waals surface area contributed by atoms with Gasteiger partial charge in [0.05, 0.1) is 12.3 Å². The van der Waals surface area contributed by atoms with Crippen molar-refractivity contribution in [3.63, 3.8) is 0 Å². The smallest absolute Gasteiger partial charge is 0.246 e. The highest BCUT2D eigenvalue weighted by molar-refractivity contribution is 5.98. The Morgan fingerprint density at radius 3 is 2.78 bits per heavy atom. The molecule has 2 amide bonds. The van der Waals surface area contributed by atoms with Crippen LogP contribution in [0.25, 0.3) is 0 Å². The second-order valence-electron chi connectivity index (χ2n) is 6.48. The Balaban J connectivity index is 1.66. The zero-order valence-electron chi connectivity index (χ0n) is 15.7. The minimum Gasteiger partial charge on any atom is -0.492 e. The van der Waals surface area contributed by atoms with Gasteiger partial charge in [-0.2, -0.15) is 0 Å². The van der Waals surface area contributed by atoms with E-state index < -0.39 is 6.04 Å². The van der Waals surface area contributed by atoms with Crippen LogP contribution in [0.3, 0.4) is 0 Å². The first-order valence-electron chi connectivity index (χ1n) is 9.28. The van der Waals surface area contributed by atoms with E-state index in [1.807, 2.05) is 55.5 Å². The van der Waals surface area contributed by atoms with Gasteiger partial charge in [-0.15, -0.1) is 0 Å². The summed E-state index contributed by atoms with van der Waals surface area (Å²) in [5.74, 6) is 0.630. The molecule has 1 aliphatic heterocycles. The van der Waals surface area contributed by atoms with Crippen molar-refractivity contribution >= 4 is 28.9 Å². The van der Waals surface area contributed by atoms with Crippen LogP contribution in [0.5, 0.6) is 5.75 Å². The Hall–Kier alpha value is -3.02. The van der Waals surface area contributed by atoms with Gasteiger partial charge in [-0.1, -0.05) is 18.2 Å². The third-order valence-corrected chi connectivity index (χ3v) is 4.45. The van der Waals surface area contributed by atoms with Crippen LogP contribution in [-0.4, -0.2) is 31.0 Å². The van der Waals surface area contributed by atoms with Crippen molar-refractivity contribution in [3.05, 3.63) is 48.5 Å². The number of hydrogen-bond acceptors (Lipinski definition) is 4. The van der Waals surface area contributed by atoms with Crippen molar-refractivity contribution in [1.82, 2.24) is 0 Å². The fraction of sp³-hybridized carbons (Fsp3) is 0.333. The monoisotopic (exact) mass is 367 g/mol. The average molecular weight is 367 g/mol. The van der Waals surface area contributed by atoms with Crippen LogP contribution < -0.4 is 20.3 Å². The molecule has 1 atom stereocenters. The Morgan fingerprint density at radius 1 is 1.22 bits per heavy atom. The molecule has 2 aromatic carbocycles. The van der Waals surface area contributed by atoms with E-state index in [9.17, 15) is 9.59 Å². The number of hydrogen-bond donors (Lipinski definition) is 2. The molecule has 0 saturated carbocycles. The summed E-state index contributed by atoms with van der Waals surface area (Å²) in [5.41, 5.74) is 2.30. The van der Waals surface area contributed by atoms with Crippen LogP contribution in [0, 0.1) is 0 Å². The van der Waals surface area contributed by atoms with E-state index >= 15 is 0 Å². The summed E-state index contributed by atoms with van der Waals surface area (Å²) in [4.78, 5) is 26.3. The van der Waals surface area contributed by atoms with Crippen molar-refractivity contribution in [2.75, 3.05) is 28.7 Å². The van der Waals surface area contributed by atoms with Gasteiger partial charge >= 0.3 is 0 Å². The van der Waals surface area contributed by atoms with Crippen LogP contribution in [0.1, 0.15) is 26.7 Å². The van der Waals surface area contributed by atoms with E-state index in [1.54, 1.807) is 11.8 Å². The van der Waals surface area contributed by atoms with Gasteiger partial charge in [0, 0.05) is 24.3 Å². The van der Waals surface area contributed by atoms with Crippen LogP contribution >= 0.6 is 0 Å². The maximum atomic E-state index is 12.6. The number of carbonyl (C=O) groups is 2. The van der Waals surface area contributed by atoms with Gasteiger partial charge in [0.25, 0.3) is 0 Å². The second-order valence-corrected chi connectivity index (χ2v) is 6.48. The number of nitrogens with one attached hydrogen (secondary N) is 2. The van der Waals surface area contributed by atoms with Gasteiger partial charge in [0.15, 0.2) is 0 Å². The molecule has 3 rings (SSSR count). The molecule has 2 N–H and O–H groups in total. The van der Waals surface area contributed by atoms with Gasteiger partial charge in [0.2, 0.25) is 11.8 Å². The number of amides is 2. The lowest BCUT2D eigenvalue weighted by molar-refractivity contribution is -0.117. The molecule has 1 aliphatic rings. The molecule has 0 spiro atoms. The van der Waals surface area contributed by atoms with Gasteiger partial charge in [-0.05, 0) is 50.6 Å². The Kier molecular flexibility index (Phi) is 5.96. The van der Waals surface area contributed by atoms with Crippen molar-refractivity contribution in [3.8, 4) is 5.75 Å². The molecule has 6 heteroatoms. The fourth-order valence-electron chi connectivity index (χ4n) is 3.09. The first kappa shape index (κ1) is 18.8. The molecular weight excluding hydrogens is 342 g/mol. The fourth-order valence-corrected chi connectivity index (χ4v) is 3.09. The Labute approximate surface area is 159 Å². The molecular formula is C21H25N3O3. The third kappa shape index (κ3) is 4.58. The minimum atomic E-state index is -0.454. The third-order valence-electron chi connectivity index (χ3n) is 4.45. The van der Waals surface area contributed by atoms with Crippen molar-refractivity contribution in [2.45, 2.75) is 32.7 Å². The number of benzene rings is 2. The quantitative estimate of drug-likeness (QED) is 0.784. The van der Waals surface area contributed by atoms with Gasteiger partial charge in [0.1, 0.15) is 11.8 Å². The zero-order valence-corrected chi connectivity index (χ0v) is 15.7. The standard InChI is InChI=1S/C21H25N3O3/c1-3-27-19-11-5-4-10-18(19)23-21(26)15(2)22-16-8-6-9-17(14-16)24-13-7-12-20(24)25/h4-6,8-11,14-15,22H,3,7,12-13H2,1-2H3,(H,23,26). The lowest BCUT2D eigenvalue weighted by atomic mass is 10.2. The highest BCUT2D eigenvalue weighted by atomic mass is 16.5. The first-order valence-corrected chi connectivity index (χ1v) is 9.28. The van der Waals surface area contributed by atoms with E-state index in [-0.39, 0.29) is 11.8 Å². The summed E-state index contributed by atoms with van der Waals surface area (Å²) in [7, 11) is 0. The van der Waals surface area contributed by atoms with E-state index in [4.69, 9.17) is 4.74 Å². The number of ether oxygens (including phenoxy) is 1. The topological polar surface area (TPSA) is 70.7 Å². The highest BCUT2D eigenvalue weighted by Crippen LogP contribution is 2.26. The molecule has 142 valence electrons. The molecule has 6 nitrogen and oxygen atoms in total. The molecule has 2 aromatic rings. The number of nitrogens with zero attached hydrogens (tertiary/aromatic N) is 1. The molecule has 1 unspecified atom stereocenters. The molecule has 1 saturated heterocycles. The van der Waals surface area contributed by atoms with Crippen LogP contribution in [-0.2, 0) is 9.59 Å². The Bertz CT molecular complexity index is 822. The Morgan fingerprint density at radius 2 is 2.04 bits per heavy atom. The number of para-hydroxylation sites is 2. The second kappa shape index (κ2) is 8.58. The maximum Gasteiger partial charge on any atom is 0.246 e. The first-order chi connectivity index (χ1) is 13.1. The molecule has 1 heterocycles. The molecule has 1 fully saturated rings. The summed E-state index contributed by atoms with van der Waals surface area (Å²) in [5, 5.41) is 6.10. The number of rotatable bonds is 7. The average Bonchev–Trinajstić information content (AvgIpc) is 3.09. The van der Waals surface area contributed by atoms with Crippen molar-refractivity contribution in [2.24, 2.45) is 0 Å². The van der Waals surface area contributed by atoms with Gasteiger partial charge in [-0.25, -0.2) is 0 Å². The minimum absolute atomic E-state index is 0.144. The van der Waals surface area contributed by atoms with Crippen LogP contribution in [0.2, 0.25) is 0 Å². The summed E-state index contributed by atoms with van der Waals surface area (Å²) >= 11 is 0. The summed E-state index contributed by atoms with van der Waals surface area (Å²) < 4.78 is 5.55. The predicted octanol–water partition coefficient (Wildman–Crippen LogP) is 3.65. The summed E-state index contributed by atoms with van der Waals surface area (Å²) in [6.45, 7) is 4.97. The molecule has 0 aromatic heterocycles. The van der Waals surface area contributed by atoms with Crippen LogP contribution in [0.15, 0.2) is 48.5 Å². The van der Waals surface area contributed by atoms with E-state index in [1.165, 1.54) is 0 Å². The van der Waals surface area contributed by atoms with Crippen molar-refractivity contribution in [1.29, 1.82) is 0 Å². The summed E-state index contributed by atoms with van der Waals surface area (Å²) in [6, 6.07) is 14.5. The highest BCUT2D eigenvalue weighted by Gasteiger charge is 2.22. The number of carbonyl (C=O) groups excluding carboxylic acids is 2. The van der Waals surface area contributed by atoms with Crippen LogP contribution in [0.4, 0.5) is 17.1 Å². The summed E-state index contributed by atoms with van der Waals surface area (Å²) in [6.07, 6.45) is 1.48. The predicted molar refractivity (Wildman–Crippen MR) is 107 cm³/mol. The van der Waals surface area contributed by atoms with Gasteiger partial charge < -0.3 is 20.3 Å². The molecule has 0 bridgehead atoms. The largest absolute Gasteiger partial charge is 0.492 e. The number of anilines is 3. The lowest BCUT2D eigenvalue weighted by Gasteiger charge is -2.19. The SMILES string of the molecule is CCOc1ccccc1NC(=O)C(C)Nc1cccc(N2CCCC2=O)c1.